The summed E-state index contributed by atoms with van der Waals surface area (Å²) >= 11 is 3.94. The smallest absolute Gasteiger partial charge is 0.547 e. The van der Waals surface area contributed by atoms with Crippen molar-refractivity contribution in [1.82, 2.24) is 0 Å². The zero-order valence-corrected chi connectivity index (χ0v) is 11.4. The van der Waals surface area contributed by atoms with E-state index in [0.29, 0.717) is 0 Å². The van der Waals surface area contributed by atoms with E-state index < -0.39 is 14.5 Å². The van der Waals surface area contributed by atoms with E-state index in [-0.39, 0.29) is 0 Å². The summed E-state index contributed by atoms with van der Waals surface area (Å²) in [5, 5.41) is 3.22. The molecule has 0 aliphatic carbocycles. The Labute approximate surface area is 92.6 Å². The van der Waals surface area contributed by atoms with Crippen LogP contribution in [-0.2, 0) is 3.79 Å². The monoisotopic (exact) mass is 216 g/mol. The largest absolute Gasteiger partial charge is 0.638 e. The van der Waals surface area contributed by atoms with Crippen molar-refractivity contribution in [3.63, 3.8) is 0 Å². The van der Waals surface area contributed by atoms with Gasteiger partial charge in [0, 0.05) is 6.92 Å². The van der Waals surface area contributed by atoms with Gasteiger partial charge in [-0.05, 0) is 12.2 Å². The van der Waals surface area contributed by atoms with E-state index in [1.165, 1.54) is 10.6 Å². The minimum atomic E-state index is -1.05. The summed E-state index contributed by atoms with van der Waals surface area (Å²) in [6.45, 7) is 10.9. The number of thiocarbonyl (C=S) groups is 1. The highest BCUT2D eigenvalue weighted by molar-refractivity contribution is 7.80. The molecule has 1 nitrogen and oxygen atoms in total. The molecule has 0 radical (unpaired) electrons. The second-order valence-electron chi connectivity index (χ2n) is 4.49. The maximum atomic E-state index is 5.74. The fourth-order valence-corrected chi connectivity index (χ4v) is 4.84. The highest BCUT2D eigenvalue weighted by Crippen LogP contribution is 2.15. The first-order chi connectivity index (χ1) is 5.91. The number of rotatable bonds is 5. The Kier molecular flexibility index (Phi) is 7.04. The van der Waals surface area contributed by atoms with Gasteiger partial charge in [-0.1, -0.05) is 50.1 Å². The molecule has 13 heavy (non-hydrogen) atoms. The summed E-state index contributed by atoms with van der Waals surface area (Å²) in [6, 6.07) is 0. The Hall–Kier alpha value is 0.422. The van der Waals surface area contributed by atoms with Crippen molar-refractivity contribution in [1.29, 1.82) is 0 Å². The molecular weight excluding hydrogens is 195 g/mol. The van der Waals surface area contributed by atoms with Crippen molar-refractivity contribution in [2.75, 3.05) is 0 Å². The van der Waals surface area contributed by atoms with Crippen LogP contribution in [0.2, 0.25) is 10.6 Å². The first kappa shape index (κ1) is 13.4. The van der Waals surface area contributed by atoms with Crippen molar-refractivity contribution in [2.45, 2.75) is 45.2 Å². The molecule has 0 spiro atoms. The molecule has 76 valence electrons. The molecule has 0 atom stereocenters. The SMILES string of the molecule is CC(=S)[O][Al]([CH2]C(C)C)[CH2]C(C)C. The van der Waals surface area contributed by atoms with Crippen molar-refractivity contribution < 1.29 is 3.79 Å². The Bertz CT molecular complexity index is 147. The van der Waals surface area contributed by atoms with Crippen LogP contribution in [0.5, 0.6) is 0 Å². The summed E-state index contributed by atoms with van der Waals surface area (Å²) in [6.07, 6.45) is 0. The van der Waals surface area contributed by atoms with E-state index in [1.807, 2.05) is 6.92 Å². The first-order valence-corrected chi connectivity index (χ1v) is 7.60. The minimum absolute atomic E-state index is 0.734. The third kappa shape index (κ3) is 8.74. The summed E-state index contributed by atoms with van der Waals surface area (Å²) in [5.41, 5.74) is 0. The molecule has 0 N–H and O–H groups in total. The molecular formula is C10H21AlOS. The lowest BCUT2D eigenvalue weighted by molar-refractivity contribution is 0.528. The standard InChI is InChI=1S/2C4H9.C2H4OS.Al/c2*1-4(2)3;1-2(3)4;/h2*4H,1H2,2-3H3;1H3,(H,3,4);/q;;;+1/p-1. The summed E-state index contributed by atoms with van der Waals surface area (Å²) in [7, 11) is 0. The van der Waals surface area contributed by atoms with Crippen LogP contribution in [0.25, 0.3) is 0 Å². The van der Waals surface area contributed by atoms with Crippen LogP contribution < -0.4 is 0 Å². The van der Waals surface area contributed by atoms with Gasteiger partial charge in [0.1, 0.15) is 5.05 Å². The zero-order valence-electron chi connectivity index (χ0n) is 9.46. The zero-order chi connectivity index (χ0) is 10.4. The minimum Gasteiger partial charge on any atom is -0.638 e. The van der Waals surface area contributed by atoms with Gasteiger partial charge in [0.2, 0.25) is 0 Å². The predicted molar refractivity (Wildman–Crippen MR) is 64.4 cm³/mol. The Balaban J connectivity index is 3.95. The Morgan fingerprint density at radius 3 is 1.77 bits per heavy atom. The molecule has 0 aromatic rings. The predicted octanol–water partition coefficient (Wildman–Crippen LogP) is 3.65. The van der Waals surface area contributed by atoms with Crippen LogP contribution in [0.3, 0.4) is 0 Å². The van der Waals surface area contributed by atoms with E-state index in [2.05, 4.69) is 27.7 Å². The van der Waals surface area contributed by atoms with Gasteiger partial charge in [0.05, 0.1) is 0 Å². The van der Waals surface area contributed by atoms with Crippen molar-refractivity contribution >= 4 is 31.8 Å². The van der Waals surface area contributed by atoms with Gasteiger partial charge in [0.15, 0.2) is 0 Å². The maximum absolute atomic E-state index is 5.74. The van der Waals surface area contributed by atoms with E-state index in [9.17, 15) is 0 Å². The topological polar surface area (TPSA) is 9.23 Å². The van der Waals surface area contributed by atoms with Crippen LogP contribution in [0, 0.1) is 11.8 Å². The van der Waals surface area contributed by atoms with Gasteiger partial charge < -0.3 is 3.79 Å². The fraction of sp³-hybridized carbons (Fsp3) is 0.900. The lowest BCUT2D eigenvalue weighted by Crippen LogP contribution is -2.23. The second-order valence-corrected chi connectivity index (χ2v) is 7.49. The third-order valence-electron chi connectivity index (χ3n) is 1.80. The highest BCUT2D eigenvalue weighted by atomic mass is 32.1. The molecule has 0 saturated carbocycles. The molecule has 0 aromatic heterocycles. The van der Waals surface area contributed by atoms with E-state index >= 15 is 0 Å². The van der Waals surface area contributed by atoms with Gasteiger partial charge in [-0.2, -0.15) is 0 Å². The molecule has 0 saturated heterocycles. The van der Waals surface area contributed by atoms with Crippen LogP contribution in [-0.4, -0.2) is 19.5 Å². The van der Waals surface area contributed by atoms with E-state index in [1.54, 1.807) is 0 Å². The lowest BCUT2D eigenvalue weighted by Gasteiger charge is -2.16. The first-order valence-electron chi connectivity index (χ1n) is 5.09. The molecule has 0 aliphatic heterocycles. The fourth-order valence-electron chi connectivity index (χ4n) is 1.48. The van der Waals surface area contributed by atoms with Crippen LogP contribution in [0.1, 0.15) is 34.6 Å². The summed E-state index contributed by atoms with van der Waals surface area (Å²) < 4.78 is 5.74. The average Bonchev–Trinajstić information content (AvgIpc) is 1.80. The van der Waals surface area contributed by atoms with Crippen LogP contribution >= 0.6 is 12.2 Å². The van der Waals surface area contributed by atoms with Crippen molar-refractivity contribution in [2.24, 2.45) is 11.8 Å². The van der Waals surface area contributed by atoms with Gasteiger partial charge >= 0.3 is 14.5 Å². The second kappa shape index (κ2) is 6.81. The molecule has 0 aromatic carbocycles. The Morgan fingerprint density at radius 2 is 1.54 bits per heavy atom. The highest BCUT2D eigenvalue weighted by Gasteiger charge is 2.25. The molecule has 0 heterocycles. The van der Waals surface area contributed by atoms with Crippen molar-refractivity contribution in [3.8, 4) is 0 Å². The van der Waals surface area contributed by atoms with Crippen LogP contribution in [0.4, 0.5) is 0 Å². The van der Waals surface area contributed by atoms with Gasteiger partial charge in [-0.15, -0.1) is 0 Å². The van der Waals surface area contributed by atoms with Gasteiger partial charge in [-0.25, -0.2) is 0 Å². The molecule has 3 heteroatoms. The van der Waals surface area contributed by atoms with Gasteiger partial charge in [0.25, 0.3) is 0 Å². The molecule has 0 rings (SSSR count). The maximum Gasteiger partial charge on any atom is 0.547 e. The third-order valence-corrected chi connectivity index (χ3v) is 5.69. The van der Waals surface area contributed by atoms with Crippen molar-refractivity contribution in [3.05, 3.63) is 0 Å². The molecule has 0 aliphatic rings. The lowest BCUT2D eigenvalue weighted by atomic mass is 10.3. The molecule has 0 bridgehead atoms. The molecule has 0 unspecified atom stereocenters. The van der Waals surface area contributed by atoms with E-state index in [0.717, 1.165) is 16.9 Å². The quantitative estimate of drug-likeness (QED) is 0.512. The molecule has 0 fully saturated rings. The van der Waals surface area contributed by atoms with Crippen LogP contribution in [0.15, 0.2) is 0 Å². The summed E-state index contributed by atoms with van der Waals surface area (Å²) in [5.74, 6) is 1.48. The summed E-state index contributed by atoms with van der Waals surface area (Å²) in [4.78, 5) is 0. The molecule has 0 amide bonds. The normalized spacial score (nSPS) is 10.7. The average molecular weight is 216 g/mol. The van der Waals surface area contributed by atoms with E-state index in [4.69, 9.17) is 16.0 Å². The van der Waals surface area contributed by atoms with Gasteiger partial charge in [-0.3, -0.25) is 0 Å². The number of hydrogen-bond acceptors (Lipinski definition) is 2. The number of hydrogen-bond donors (Lipinski definition) is 0. The Morgan fingerprint density at radius 1 is 1.15 bits per heavy atom.